The quantitative estimate of drug-likeness (QED) is 0.898. The van der Waals surface area contributed by atoms with Gasteiger partial charge in [0.05, 0.1) is 0 Å². The molecule has 1 unspecified atom stereocenters. The van der Waals surface area contributed by atoms with Crippen molar-refractivity contribution in [3.05, 3.63) is 57.8 Å². The summed E-state index contributed by atoms with van der Waals surface area (Å²) in [4.78, 5) is 12.6. The van der Waals surface area contributed by atoms with Crippen molar-refractivity contribution < 1.29 is 9.90 Å². The summed E-state index contributed by atoms with van der Waals surface area (Å²) in [6.45, 7) is 3.91. The van der Waals surface area contributed by atoms with E-state index < -0.39 is 11.4 Å². The summed E-state index contributed by atoms with van der Waals surface area (Å²) in [6.07, 6.45) is 1.52. The molecule has 0 amide bonds. The lowest BCUT2D eigenvalue weighted by atomic mass is 9.82. The van der Waals surface area contributed by atoms with Gasteiger partial charge in [-0.05, 0) is 42.3 Å². The van der Waals surface area contributed by atoms with Gasteiger partial charge < -0.3 is 5.11 Å². The fourth-order valence-corrected chi connectivity index (χ4v) is 3.04. The SMILES string of the molecule is CCc1ccc(CC(C)(C(=O)O)c2cccs2)cc1. The van der Waals surface area contributed by atoms with E-state index in [9.17, 15) is 9.90 Å². The van der Waals surface area contributed by atoms with Crippen LogP contribution in [-0.4, -0.2) is 11.1 Å². The zero-order valence-corrected chi connectivity index (χ0v) is 12.0. The number of benzene rings is 1. The number of hydrogen-bond donors (Lipinski definition) is 1. The van der Waals surface area contributed by atoms with Crippen molar-refractivity contribution >= 4 is 17.3 Å². The van der Waals surface area contributed by atoms with E-state index in [2.05, 4.69) is 19.1 Å². The van der Waals surface area contributed by atoms with Crippen LogP contribution in [-0.2, 0) is 23.1 Å². The van der Waals surface area contributed by atoms with Gasteiger partial charge >= 0.3 is 5.97 Å². The Labute approximate surface area is 117 Å². The average molecular weight is 274 g/mol. The third-order valence-electron chi connectivity index (χ3n) is 3.53. The molecule has 19 heavy (non-hydrogen) atoms. The third-order valence-corrected chi connectivity index (χ3v) is 4.66. The Bertz CT molecular complexity index is 543. The highest BCUT2D eigenvalue weighted by Gasteiger charge is 2.36. The number of hydrogen-bond acceptors (Lipinski definition) is 2. The largest absolute Gasteiger partial charge is 0.481 e. The molecule has 1 N–H and O–H groups in total. The first-order chi connectivity index (χ1) is 9.06. The van der Waals surface area contributed by atoms with E-state index in [1.54, 1.807) is 6.92 Å². The molecule has 3 heteroatoms. The molecule has 0 aliphatic rings. The first-order valence-corrected chi connectivity index (χ1v) is 7.29. The van der Waals surface area contributed by atoms with E-state index >= 15 is 0 Å². The van der Waals surface area contributed by atoms with Crippen molar-refractivity contribution in [1.29, 1.82) is 0 Å². The number of carboxylic acids is 1. The van der Waals surface area contributed by atoms with Crippen molar-refractivity contribution in [2.45, 2.75) is 32.1 Å². The van der Waals surface area contributed by atoms with E-state index in [0.29, 0.717) is 6.42 Å². The Morgan fingerprint density at radius 2 is 1.84 bits per heavy atom. The number of thiophene rings is 1. The maximum atomic E-state index is 11.7. The molecule has 0 aliphatic carbocycles. The first kappa shape index (κ1) is 13.8. The minimum atomic E-state index is -0.845. The summed E-state index contributed by atoms with van der Waals surface area (Å²) < 4.78 is 0. The standard InChI is InChI=1S/C16H18O2S/c1-3-12-6-8-13(9-7-12)11-16(2,15(17)18)14-5-4-10-19-14/h4-10H,3,11H2,1-2H3,(H,17,18). The maximum Gasteiger partial charge on any atom is 0.315 e. The molecular formula is C16H18O2S. The summed E-state index contributed by atoms with van der Waals surface area (Å²) in [5.74, 6) is -0.769. The molecular weight excluding hydrogens is 256 g/mol. The van der Waals surface area contributed by atoms with E-state index in [4.69, 9.17) is 0 Å². The van der Waals surface area contributed by atoms with Gasteiger partial charge in [-0.25, -0.2) is 0 Å². The van der Waals surface area contributed by atoms with Crippen molar-refractivity contribution in [3.8, 4) is 0 Å². The van der Waals surface area contributed by atoms with Crippen LogP contribution in [0.5, 0.6) is 0 Å². The molecule has 0 radical (unpaired) electrons. The van der Waals surface area contributed by atoms with Gasteiger partial charge in [0.15, 0.2) is 0 Å². The summed E-state index contributed by atoms with van der Waals surface area (Å²) in [5, 5.41) is 11.5. The van der Waals surface area contributed by atoms with Crippen LogP contribution >= 0.6 is 11.3 Å². The molecule has 1 aromatic carbocycles. The van der Waals surface area contributed by atoms with Crippen LogP contribution in [0, 0.1) is 0 Å². The van der Waals surface area contributed by atoms with Crippen LogP contribution in [0.4, 0.5) is 0 Å². The molecule has 1 aromatic heterocycles. The molecule has 0 spiro atoms. The number of rotatable bonds is 5. The van der Waals surface area contributed by atoms with Crippen LogP contribution in [0.25, 0.3) is 0 Å². The van der Waals surface area contributed by atoms with Gasteiger partial charge in [0.25, 0.3) is 0 Å². The van der Waals surface area contributed by atoms with Gasteiger partial charge in [0.1, 0.15) is 5.41 Å². The Morgan fingerprint density at radius 1 is 1.21 bits per heavy atom. The number of aliphatic carboxylic acids is 1. The molecule has 0 saturated heterocycles. The van der Waals surface area contributed by atoms with Crippen LogP contribution in [0.1, 0.15) is 29.9 Å². The van der Waals surface area contributed by atoms with Crippen LogP contribution in [0.15, 0.2) is 41.8 Å². The number of carboxylic acid groups (broad SMARTS) is 1. The Morgan fingerprint density at radius 3 is 2.32 bits per heavy atom. The third kappa shape index (κ3) is 2.87. The van der Waals surface area contributed by atoms with E-state index in [0.717, 1.165) is 16.9 Å². The predicted molar refractivity (Wildman–Crippen MR) is 78.8 cm³/mol. The van der Waals surface area contributed by atoms with Crippen molar-refractivity contribution in [2.24, 2.45) is 0 Å². The molecule has 0 bridgehead atoms. The van der Waals surface area contributed by atoms with Gasteiger partial charge in [-0.15, -0.1) is 11.3 Å². The van der Waals surface area contributed by atoms with Gasteiger partial charge in [0.2, 0.25) is 0 Å². The molecule has 1 atom stereocenters. The normalized spacial score (nSPS) is 14.0. The molecule has 100 valence electrons. The van der Waals surface area contributed by atoms with E-state index in [1.807, 2.05) is 29.6 Å². The molecule has 1 heterocycles. The summed E-state index contributed by atoms with van der Waals surface area (Å²) >= 11 is 1.50. The molecule has 2 nitrogen and oxygen atoms in total. The minimum absolute atomic E-state index is 0.521. The highest BCUT2D eigenvalue weighted by Crippen LogP contribution is 2.32. The molecule has 0 saturated carbocycles. The monoisotopic (exact) mass is 274 g/mol. The number of carbonyl (C=O) groups is 1. The second-order valence-electron chi connectivity index (χ2n) is 4.96. The Kier molecular flexibility index (Phi) is 4.05. The molecule has 2 rings (SSSR count). The van der Waals surface area contributed by atoms with Gasteiger partial charge in [-0.3, -0.25) is 4.79 Å². The highest BCUT2D eigenvalue weighted by atomic mass is 32.1. The molecule has 2 aromatic rings. The smallest absolute Gasteiger partial charge is 0.315 e. The summed E-state index contributed by atoms with van der Waals surface area (Å²) in [7, 11) is 0. The minimum Gasteiger partial charge on any atom is -0.481 e. The fraction of sp³-hybridized carbons (Fsp3) is 0.312. The first-order valence-electron chi connectivity index (χ1n) is 6.41. The van der Waals surface area contributed by atoms with Crippen LogP contribution < -0.4 is 0 Å². The molecule has 0 fully saturated rings. The molecule has 0 aliphatic heterocycles. The Balaban J connectivity index is 2.28. The van der Waals surface area contributed by atoms with Gasteiger partial charge in [-0.1, -0.05) is 37.3 Å². The lowest BCUT2D eigenvalue weighted by Crippen LogP contribution is -2.33. The van der Waals surface area contributed by atoms with Crippen LogP contribution in [0.2, 0.25) is 0 Å². The topological polar surface area (TPSA) is 37.3 Å². The van der Waals surface area contributed by atoms with E-state index in [-0.39, 0.29) is 0 Å². The summed E-state index contributed by atoms with van der Waals surface area (Å²) in [6, 6.07) is 12.0. The van der Waals surface area contributed by atoms with Crippen molar-refractivity contribution in [3.63, 3.8) is 0 Å². The van der Waals surface area contributed by atoms with Crippen LogP contribution in [0.3, 0.4) is 0 Å². The maximum absolute atomic E-state index is 11.7. The zero-order valence-electron chi connectivity index (χ0n) is 11.2. The van der Waals surface area contributed by atoms with Crippen molar-refractivity contribution in [2.75, 3.05) is 0 Å². The lowest BCUT2D eigenvalue weighted by molar-refractivity contribution is -0.143. The van der Waals surface area contributed by atoms with Gasteiger partial charge in [-0.2, -0.15) is 0 Å². The highest BCUT2D eigenvalue weighted by molar-refractivity contribution is 7.10. The van der Waals surface area contributed by atoms with E-state index in [1.165, 1.54) is 16.9 Å². The predicted octanol–water partition coefficient (Wildman–Crippen LogP) is 3.90. The Hall–Kier alpha value is -1.61. The lowest BCUT2D eigenvalue weighted by Gasteiger charge is -2.23. The zero-order chi connectivity index (χ0) is 13.9. The number of aryl methyl sites for hydroxylation is 1. The fourth-order valence-electron chi connectivity index (χ4n) is 2.16. The van der Waals surface area contributed by atoms with Gasteiger partial charge in [0, 0.05) is 4.88 Å². The summed E-state index contributed by atoms with van der Waals surface area (Å²) in [5.41, 5.74) is 1.49. The van der Waals surface area contributed by atoms with Crippen molar-refractivity contribution in [1.82, 2.24) is 0 Å². The average Bonchev–Trinajstić information content (AvgIpc) is 2.93. The second kappa shape index (κ2) is 5.57. The second-order valence-corrected chi connectivity index (χ2v) is 5.91.